The van der Waals surface area contributed by atoms with Gasteiger partial charge in [-0.2, -0.15) is 11.8 Å². The van der Waals surface area contributed by atoms with Crippen LogP contribution in [0.4, 0.5) is 22.3 Å². The van der Waals surface area contributed by atoms with Crippen LogP contribution in [0.2, 0.25) is 0 Å². The molecule has 6 fully saturated rings. The first-order chi connectivity index (χ1) is 37.0. The molecule has 0 bridgehead atoms. The fraction of sp³-hybridized carbons (Fsp3) is 0.830. The van der Waals surface area contributed by atoms with Crippen LogP contribution in [0.1, 0.15) is 52.3 Å². The van der Waals surface area contributed by atoms with Crippen molar-refractivity contribution in [3.05, 3.63) is 35.9 Å². The molecule has 11 N–H and O–H groups in total. The number of halogens is 6. The summed E-state index contributed by atoms with van der Waals surface area (Å²) in [5, 5.41) is 98.1. The molecule has 8 unspecified atom stereocenters. The zero-order valence-corrected chi connectivity index (χ0v) is 50.2. The number of carbonyl (C=O) groups is 2. The summed E-state index contributed by atoms with van der Waals surface area (Å²) in [7, 11) is 6.95. The molecule has 0 saturated carbocycles. The first-order valence-corrected chi connectivity index (χ1v) is 25.7. The molecule has 6 aliphatic heterocycles. The Bertz CT molecular complexity index is 1580. The molecule has 1 aromatic rings. The average Bonchev–Trinajstić information content (AvgIpc) is 3.65. The second-order valence-corrected chi connectivity index (χ2v) is 19.0. The number of ketones is 1. The van der Waals surface area contributed by atoms with E-state index in [1.54, 1.807) is 45.2 Å². The second-order valence-electron chi connectivity index (χ2n) is 17.0. The van der Waals surface area contributed by atoms with E-state index in [4.69, 9.17) is 105 Å². The molecule has 23 atom stereocenters. The van der Waals surface area contributed by atoms with E-state index in [2.05, 4.69) is 14.2 Å². The van der Waals surface area contributed by atoms with Gasteiger partial charge in [-0.3, -0.25) is 9.59 Å². The van der Waals surface area contributed by atoms with Crippen molar-refractivity contribution >= 4 is 34.4 Å². The molecule has 32 heteroatoms. The number of carbonyl (C=O) groups excluding carboxylic acids is 2. The van der Waals surface area contributed by atoms with Crippen molar-refractivity contribution in [1.82, 2.24) is 0 Å². The number of aliphatic hydroxyl groups excluding tert-OH is 11. The van der Waals surface area contributed by atoms with Crippen molar-refractivity contribution in [2.45, 2.75) is 181 Å². The van der Waals surface area contributed by atoms with Gasteiger partial charge in [-0.05, 0) is 30.2 Å². The Labute approximate surface area is 508 Å². The van der Waals surface area contributed by atoms with Crippen LogP contribution >= 0.6 is 23.4 Å². The Hall–Kier alpha value is -0.394. The fourth-order valence-electron chi connectivity index (χ4n) is 7.26. The van der Waals surface area contributed by atoms with Crippen molar-refractivity contribution in [2.75, 3.05) is 67.7 Å². The molecular weight excluding hydrogens is 1150 g/mol. The number of ether oxygens (including phenoxy) is 11. The Balaban J connectivity index is -0.000000857. The van der Waals surface area contributed by atoms with E-state index in [0.29, 0.717) is 18.4 Å². The van der Waals surface area contributed by atoms with Crippen molar-refractivity contribution in [3.8, 4) is 0 Å². The first kappa shape index (κ1) is 80.7. The maximum absolute atomic E-state index is 13.0. The third kappa shape index (κ3) is 26.0. The summed E-state index contributed by atoms with van der Waals surface area (Å²) >= 11 is 6.66. The molecule has 79 heavy (non-hydrogen) atoms. The number of hydrogen-bond acceptors (Lipinski definition) is 25. The van der Waals surface area contributed by atoms with E-state index in [1.165, 1.54) is 40.2 Å². The second kappa shape index (κ2) is 44.1. The molecule has 1 aromatic carbocycles. The standard InChI is InChI=1S/C8H18O4S.C7H5ClO.C7H13FO3.C7H11FO3.C6H11FO4.C6H12O5.C6H10O4.F2.K.H/c1-3-13-5(2)7(11)8(12)6(10)4-9;8-7(9)6-4-2-1-3-5-6;2*1-3-4-5(8)6(9)7(10-2)11-4;1-10-6-5(9)4(7)3(2-8)11-6;1-10-6-5(9)4(8)3(2-7)11-6;1-8-6-5-4(10-5)3(2-7)9-6;1-2;;/h5-12H,3-4H2,1-2H3;1-5H;4-7,9H,3H2,1-2H3;4-5,7H,3H2,1-2H3;3-6,8-9H,2H2,1H3;3-9H,2H2,1H3;3-7H,2H2,1H3;;;/q;;;;;;;;+1;-1/t;;4-,5+,6?,7+;4-,5+,7+;2*3-,4+,5?,6+;3-,4-,5?,6+;;;/m..11111.../s1. The van der Waals surface area contributed by atoms with Gasteiger partial charge in [0.15, 0.2) is 43.7 Å². The molecule has 0 aliphatic carbocycles. The number of hydrogen-bond donors (Lipinski definition) is 11. The van der Waals surface area contributed by atoms with Crippen LogP contribution in [0.5, 0.6) is 0 Å². The molecule has 0 spiro atoms. The Morgan fingerprint density at radius 2 is 1.06 bits per heavy atom. The fourth-order valence-corrected chi connectivity index (χ4v) is 8.27. The normalized spacial score (nSPS) is 35.0. The van der Waals surface area contributed by atoms with Gasteiger partial charge >= 0.3 is 51.4 Å². The third-order valence-corrected chi connectivity index (χ3v) is 13.2. The number of aliphatic hydroxyl groups is 11. The van der Waals surface area contributed by atoms with Gasteiger partial charge in [-0.1, -0.05) is 58.0 Å². The van der Waals surface area contributed by atoms with Crippen LogP contribution in [0, 0.1) is 0 Å². The number of thioether (sulfide) groups is 1. The monoisotopic (exact) mass is 1230 g/mol. The molecule has 7 rings (SSSR count). The minimum absolute atomic E-state index is 0. The summed E-state index contributed by atoms with van der Waals surface area (Å²) in [4.78, 5) is 21.3. The van der Waals surface area contributed by atoms with Crippen LogP contribution in [-0.4, -0.2) is 276 Å². The molecule has 0 radical (unpaired) electrons. The topological polar surface area (TPSA) is 362 Å². The molecule has 0 amide bonds. The van der Waals surface area contributed by atoms with Gasteiger partial charge in [-0.15, -0.1) is 0 Å². The van der Waals surface area contributed by atoms with E-state index in [1.807, 2.05) is 19.9 Å². The minimum atomic E-state index is -1.56. The van der Waals surface area contributed by atoms with Gasteiger partial charge in [0.05, 0.1) is 44.7 Å². The number of rotatable bonds is 17. The Morgan fingerprint density at radius 1 is 0.620 bits per heavy atom. The zero-order valence-electron chi connectivity index (χ0n) is 46.5. The van der Waals surface area contributed by atoms with E-state index in [9.17, 15) is 33.0 Å². The van der Waals surface area contributed by atoms with Gasteiger partial charge in [-0.25, -0.2) is 13.2 Å². The summed E-state index contributed by atoms with van der Waals surface area (Å²) in [5.74, 6) is 0.236. The molecular formula is C47H81ClF5KO24S. The van der Waals surface area contributed by atoms with Crippen LogP contribution in [0.25, 0.3) is 0 Å². The van der Waals surface area contributed by atoms with Gasteiger partial charge in [0, 0.05) is 55.5 Å². The van der Waals surface area contributed by atoms with Crippen molar-refractivity contribution in [1.29, 1.82) is 0 Å². The van der Waals surface area contributed by atoms with Crippen LogP contribution in [0.3, 0.4) is 0 Å². The molecule has 0 aromatic heterocycles. The largest absolute Gasteiger partial charge is 1.00 e. The van der Waals surface area contributed by atoms with Crippen LogP contribution in [0.15, 0.2) is 30.3 Å². The van der Waals surface area contributed by atoms with E-state index in [-0.39, 0.29) is 95.9 Å². The number of fused-ring (bicyclic) bond motifs is 1. The maximum atomic E-state index is 13.0. The van der Waals surface area contributed by atoms with E-state index >= 15 is 0 Å². The maximum Gasteiger partial charge on any atom is 1.00 e. The Morgan fingerprint density at radius 3 is 1.35 bits per heavy atom. The van der Waals surface area contributed by atoms with E-state index < -0.39 is 135 Å². The third-order valence-electron chi connectivity index (χ3n) is 11.8. The molecule has 462 valence electrons. The number of methoxy groups -OCH3 is 5. The zero-order chi connectivity index (χ0) is 60.0. The summed E-state index contributed by atoms with van der Waals surface area (Å²) in [6, 6.07) is 8.74. The molecule has 6 aliphatic rings. The first-order valence-electron chi connectivity index (χ1n) is 24.3. The quantitative estimate of drug-likeness (QED) is 0.0314. The number of epoxide rings is 1. The van der Waals surface area contributed by atoms with Crippen molar-refractivity contribution < 1.29 is 193 Å². The van der Waals surface area contributed by atoms with Gasteiger partial charge in [0.2, 0.25) is 12.1 Å². The minimum Gasteiger partial charge on any atom is -1.00 e. The SMILES string of the molecule is CCSC(C)C(O)C(O)C(O)CO.CC[C@H]1O[C@H](OC)C(=O)[C@H]1F.CC[C@H]1O[C@H](OC)C(O)[C@H]1F.CO[C@H]1O[C@H](CO)[C@H](F)C1O.CO[C@H]1O[C@H](CO)[C@H](O)C1O.CO[C@H]1O[C@H](CO)[C@H]2OC12.FF.O=C(Cl)c1ccccc1.[H-].[K+]. The number of Topliss-reactive ketones (excluding diaryl/α,β-unsaturated/α-hetero) is 1. The summed E-state index contributed by atoms with van der Waals surface area (Å²) in [5.41, 5.74) is 0.541. The summed E-state index contributed by atoms with van der Waals surface area (Å²) in [6.45, 7) is 6.00. The van der Waals surface area contributed by atoms with Gasteiger partial charge in [0.1, 0.15) is 67.1 Å². The molecule has 24 nitrogen and oxygen atoms in total. The molecule has 6 saturated heterocycles. The van der Waals surface area contributed by atoms with Gasteiger partial charge in [0.25, 0.3) is 5.24 Å². The predicted octanol–water partition coefficient (Wildman–Crippen LogP) is -3.39. The number of benzene rings is 1. The summed E-state index contributed by atoms with van der Waals surface area (Å²) in [6.07, 6.45) is -18.2. The van der Waals surface area contributed by atoms with Crippen molar-refractivity contribution in [2.24, 2.45) is 0 Å². The number of alkyl halides is 3. The van der Waals surface area contributed by atoms with Gasteiger partial charge < -0.3 is 110 Å². The van der Waals surface area contributed by atoms with Crippen molar-refractivity contribution in [3.63, 3.8) is 0 Å². The van der Waals surface area contributed by atoms with Crippen LogP contribution in [-0.2, 0) is 56.9 Å². The summed E-state index contributed by atoms with van der Waals surface area (Å²) < 4.78 is 108. The van der Waals surface area contributed by atoms with E-state index in [0.717, 1.165) is 5.75 Å². The predicted molar refractivity (Wildman–Crippen MR) is 265 cm³/mol. The molecule has 6 heterocycles. The Kier molecular flexibility index (Phi) is 45.0. The average molecular weight is 1230 g/mol. The van der Waals surface area contributed by atoms with Crippen LogP contribution < -0.4 is 51.4 Å². The smallest absolute Gasteiger partial charge is 1.00 e.